The van der Waals surface area contributed by atoms with Crippen LogP contribution >= 0.6 is 15.9 Å². The fraction of sp³-hybridized carbons (Fsp3) is 0.167. The van der Waals surface area contributed by atoms with Crippen molar-refractivity contribution >= 4 is 39.1 Å². The number of nitrogens with one attached hydrogen (secondary N) is 2. The van der Waals surface area contributed by atoms with Crippen LogP contribution < -0.4 is 10.6 Å². The van der Waals surface area contributed by atoms with Crippen molar-refractivity contribution in [1.82, 2.24) is 15.2 Å². The number of hydrogen-bond donors (Lipinski definition) is 2. The van der Waals surface area contributed by atoms with Crippen molar-refractivity contribution < 1.29 is 0 Å². The number of hydrogen-bond acceptors (Lipinski definition) is 5. The van der Waals surface area contributed by atoms with E-state index in [-0.39, 0.29) is 0 Å². The lowest BCUT2D eigenvalue weighted by atomic mass is 10.1. The van der Waals surface area contributed by atoms with Gasteiger partial charge in [0.05, 0.1) is 6.20 Å². The van der Waals surface area contributed by atoms with Crippen LogP contribution in [0.3, 0.4) is 0 Å². The van der Waals surface area contributed by atoms with Crippen LogP contribution in [0.25, 0.3) is 0 Å². The molecular weight excluding hydrogens is 366 g/mol. The van der Waals surface area contributed by atoms with Crippen LogP contribution in [-0.4, -0.2) is 15.2 Å². The number of halogens is 1. The number of aryl methyl sites for hydroxylation is 2. The number of rotatable bonds is 4. The van der Waals surface area contributed by atoms with Crippen molar-refractivity contribution in [2.24, 2.45) is 0 Å². The third-order valence-electron chi connectivity index (χ3n) is 3.86. The van der Waals surface area contributed by atoms with E-state index in [1.165, 1.54) is 11.1 Å². The molecule has 2 aromatic carbocycles. The third kappa shape index (κ3) is 3.71. The van der Waals surface area contributed by atoms with Gasteiger partial charge in [-0.15, -0.1) is 5.10 Å². The van der Waals surface area contributed by atoms with Gasteiger partial charge < -0.3 is 10.6 Å². The Morgan fingerprint density at radius 3 is 2.54 bits per heavy atom. The Balaban J connectivity index is 1.82. The van der Waals surface area contributed by atoms with Gasteiger partial charge in [-0.1, -0.05) is 28.1 Å². The molecule has 0 aliphatic carbocycles. The molecule has 6 heteroatoms. The molecule has 24 heavy (non-hydrogen) atoms. The van der Waals surface area contributed by atoms with Gasteiger partial charge in [-0.05, 0) is 61.7 Å². The van der Waals surface area contributed by atoms with E-state index in [1.807, 2.05) is 37.3 Å². The Bertz CT molecular complexity index is 879. The summed E-state index contributed by atoms with van der Waals surface area (Å²) >= 11 is 3.46. The highest BCUT2D eigenvalue weighted by Gasteiger charge is 2.06. The third-order valence-corrected chi connectivity index (χ3v) is 4.35. The van der Waals surface area contributed by atoms with Crippen molar-refractivity contribution in [3.63, 3.8) is 0 Å². The second kappa shape index (κ2) is 6.97. The molecular formula is C18H18BrN5. The fourth-order valence-electron chi connectivity index (χ4n) is 2.33. The number of benzene rings is 2. The lowest BCUT2D eigenvalue weighted by molar-refractivity contribution is 0.981. The Morgan fingerprint density at radius 2 is 1.75 bits per heavy atom. The van der Waals surface area contributed by atoms with Crippen molar-refractivity contribution in [3.8, 4) is 0 Å². The summed E-state index contributed by atoms with van der Waals surface area (Å²) in [5, 5.41) is 14.6. The highest BCUT2D eigenvalue weighted by Crippen LogP contribution is 2.24. The number of nitrogens with zero attached hydrogens (tertiary/aromatic N) is 3. The second-order valence-corrected chi connectivity index (χ2v) is 6.54. The van der Waals surface area contributed by atoms with Gasteiger partial charge in [-0.25, -0.2) is 0 Å². The molecule has 1 aromatic heterocycles. The minimum atomic E-state index is 0.454. The molecule has 0 aliphatic heterocycles. The summed E-state index contributed by atoms with van der Waals surface area (Å²) in [7, 11) is 0. The summed E-state index contributed by atoms with van der Waals surface area (Å²) in [4.78, 5) is 4.49. The van der Waals surface area contributed by atoms with Crippen molar-refractivity contribution in [2.45, 2.75) is 20.8 Å². The minimum absolute atomic E-state index is 0.454. The number of aromatic nitrogens is 3. The SMILES string of the molecule is Cc1cc(Br)ccc1Nc1nncc(Nc2cccc(C)c2C)n1. The molecule has 122 valence electrons. The second-order valence-electron chi connectivity index (χ2n) is 5.62. The van der Waals surface area contributed by atoms with E-state index in [9.17, 15) is 0 Å². The van der Waals surface area contributed by atoms with Gasteiger partial charge >= 0.3 is 0 Å². The quantitative estimate of drug-likeness (QED) is 0.659. The summed E-state index contributed by atoms with van der Waals surface area (Å²) in [6.45, 7) is 6.19. The van der Waals surface area contributed by atoms with Crippen LogP contribution in [0.2, 0.25) is 0 Å². The Morgan fingerprint density at radius 1 is 0.917 bits per heavy atom. The van der Waals surface area contributed by atoms with Crippen LogP contribution in [0, 0.1) is 20.8 Å². The van der Waals surface area contributed by atoms with Crippen molar-refractivity contribution in [2.75, 3.05) is 10.6 Å². The van der Waals surface area contributed by atoms with Gasteiger partial charge in [-0.2, -0.15) is 10.1 Å². The first-order valence-electron chi connectivity index (χ1n) is 7.59. The Labute approximate surface area is 149 Å². The molecule has 0 unspecified atom stereocenters. The molecule has 0 atom stereocenters. The summed E-state index contributed by atoms with van der Waals surface area (Å²) in [5.74, 6) is 1.10. The van der Waals surface area contributed by atoms with E-state index in [1.54, 1.807) is 6.20 Å². The smallest absolute Gasteiger partial charge is 0.249 e. The van der Waals surface area contributed by atoms with E-state index in [4.69, 9.17) is 0 Å². The zero-order valence-electron chi connectivity index (χ0n) is 13.8. The predicted molar refractivity (Wildman–Crippen MR) is 101 cm³/mol. The average Bonchev–Trinajstić information content (AvgIpc) is 2.55. The highest BCUT2D eigenvalue weighted by atomic mass is 79.9. The Hall–Kier alpha value is -2.47. The largest absolute Gasteiger partial charge is 0.339 e. The molecule has 0 fully saturated rings. The van der Waals surface area contributed by atoms with Crippen molar-refractivity contribution in [3.05, 3.63) is 63.8 Å². The number of anilines is 4. The van der Waals surface area contributed by atoms with Gasteiger partial charge in [0, 0.05) is 15.8 Å². The van der Waals surface area contributed by atoms with Gasteiger partial charge in [0.15, 0.2) is 5.82 Å². The average molecular weight is 384 g/mol. The molecule has 3 aromatic rings. The topological polar surface area (TPSA) is 62.7 Å². The minimum Gasteiger partial charge on any atom is -0.339 e. The van der Waals surface area contributed by atoms with E-state index >= 15 is 0 Å². The maximum atomic E-state index is 4.49. The van der Waals surface area contributed by atoms with Crippen LogP contribution in [-0.2, 0) is 0 Å². The first-order chi connectivity index (χ1) is 11.5. The maximum Gasteiger partial charge on any atom is 0.249 e. The molecule has 2 N–H and O–H groups in total. The van der Waals surface area contributed by atoms with Crippen LogP contribution in [0.5, 0.6) is 0 Å². The molecule has 0 saturated heterocycles. The molecule has 1 heterocycles. The molecule has 0 radical (unpaired) electrons. The predicted octanol–water partition coefficient (Wildman–Crippen LogP) is 5.05. The molecule has 0 amide bonds. The molecule has 0 spiro atoms. The molecule has 0 saturated carbocycles. The van der Waals surface area contributed by atoms with Crippen LogP contribution in [0.15, 0.2) is 47.1 Å². The van der Waals surface area contributed by atoms with E-state index in [0.29, 0.717) is 11.8 Å². The molecule has 0 aliphatic rings. The molecule has 0 bridgehead atoms. The van der Waals surface area contributed by atoms with E-state index in [2.05, 4.69) is 61.7 Å². The van der Waals surface area contributed by atoms with Gasteiger partial charge in [0.25, 0.3) is 0 Å². The van der Waals surface area contributed by atoms with Gasteiger partial charge in [-0.3, -0.25) is 0 Å². The van der Waals surface area contributed by atoms with Crippen LogP contribution in [0.4, 0.5) is 23.1 Å². The normalized spacial score (nSPS) is 10.5. The van der Waals surface area contributed by atoms with E-state index in [0.717, 1.165) is 21.4 Å². The van der Waals surface area contributed by atoms with Gasteiger partial charge in [0.1, 0.15) is 0 Å². The van der Waals surface area contributed by atoms with E-state index < -0.39 is 0 Å². The van der Waals surface area contributed by atoms with Crippen molar-refractivity contribution in [1.29, 1.82) is 0 Å². The monoisotopic (exact) mass is 383 g/mol. The highest BCUT2D eigenvalue weighted by molar-refractivity contribution is 9.10. The summed E-state index contributed by atoms with van der Waals surface area (Å²) < 4.78 is 1.04. The molecule has 5 nitrogen and oxygen atoms in total. The summed E-state index contributed by atoms with van der Waals surface area (Å²) in [5.41, 5.74) is 5.48. The fourth-order valence-corrected chi connectivity index (χ4v) is 2.80. The zero-order valence-corrected chi connectivity index (χ0v) is 15.3. The van der Waals surface area contributed by atoms with Crippen LogP contribution in [0.1, 0.15) is 16.7 Å². The lowest BCUT2D eigenvalue weighted by Crippen LogP contribution is -2.04. The first kappa shape index (κ1) is 16.4. The van der Waals surface area contributed by atoms with Gasteiger partial charge in [0.2, 0.25) is 5.95 Å². The lowest BCUT2D eigenvalue weighted by Gasteiger charge is -2.12. The zero-order chi connectivity index (χ0) is 17.1. The maximum absolute atomic E-state index is 4.49. The molecule has 3 rings (SSSR count). The Kier molecular flexibility index (Phi) is 4.76. The summed E-state index contributed by atoms with van der Waals surface area (Å²) in [6, 6.07) is 12.1. The standard InChI is InChI=1S/C18H18BrN5/c1-11-5-4-6-16(13(11)3)21-17-10-20-24-18(23-17)22-15-8-7-14(19)9-12(15)2/h4-10H,1-3H3,(H2,21,22,23,24). The first-order valence-corrected chi connectivity index (χ1v) is 8.38. The summed E-state index contributed by atoms with van der Waals surface area (Å²) in [6.07, 6.45) is 1.61.